The Labute approximate surface area is 205 Å². The summed E-state index contributed by atoms with van der Waals surface area (Å²) < 4.78 is 7.41. The molecule has 6 nitrogen and oxygen atoms in total. The lowest BCUT2D eigenvalue weighted by Crippen LogP contribution is -2.15. The highest BCUT2D eigenvalue weighted by atomic mass is 35.5. The van der Waals surface area contributed by atoms with Gasteiger partial charge in [-0.05, 0) is 61.0 Å². The van der Waals surface area contributed by atoms with Crippen molar-refractivity contribution in [1.29, 1.82) is 0 Å². The number of hydrogen-bond donors (Lipinski definition) is 1. The molecular formula is C24H20Cl2N4O2S. The molecule has 0 radical (unpaired) electrons. The van der Waals surface area contributed by atoms with Crippen molar-refractivity contribution < 1.29 is 9.53 Å². The first-order valence-corrected chi connectivity index (χ1v) is 11.7. The molecule has 0 saturated heterocycles. The van der Waals surface area contributed by atoms with Gasteiger partial charge in [0.15, 0.2) is 11.0 Å². The number of aryl methyl sites for hydroxylation is 1. The van der Waals surface area contributed by atoms with Crippen molar-refractivity contribution in [3.63, 3.8) is 0 Å². The summed E-state index contributed by atoms with van der Waals surface area (Å²) in [7, 11) is 1.61. The molecule has 4 aromatic rings. The smallest absolute Gasteiger partial charge is 0.234 e. The molecule has 1 aromatic heterocycles. The Hall–Kier alpha value is -3.00. The van der Waals surface area contributed by atoms with E-state index >= 15 is 0 Å². The van der Waals surface area contributed by atoms with Crippen LogP contribution < -0.4 is 10.1 Å². The summed E-state index contributed by atoms with van der Waals surface area (Å²) >= 11 is 13.4. The van der Waals surface area contributed by atoms with E-state index in [1.807, 2.05) is 54.0 Å². The number of carbonyl (C=O) groups excluding carboxylic acids is 1. The molecule has 0 aliphatic heterocycles. The van der Waals surface area contributed by atoms with Gasteiger partial charge in [0.2, 0.25) is 5.91 Å². The number of ether oxygens (including phenoxy) is 1. The highest BCUT2D eigenvalue weighted by Gasteiger charge is 2.20. The van der Waals surface area contributed by atoms with Gasteiger partial charge in [-0.3, -0.25) is 9.36 Å². The first kappa shape index (κ1) is 23.2. The fraction of sp³-hybridized carbons (Fsp3) is 0.125. The molecule has 0 aliphatic rings. The van der Waals surface area contributed by atoms with Crippen LogP contribution in [0.2, 0.25) is 10.0 Å². The molecule has 0 aliphatic carbocycles. The van der Waals surface area contributed by atoms with E-state index in [9.17, 15) is 4.79 Å². The van der Waals surface area contributed by atoms with E-state index in [2.05, 4.69) is 15.5 Å². The molecule has 0 saturated carbocycles. The van der Waals surface area contributed by atoms with Gasteiger partial charge in [-0.2, -0.15) is 0 Å². The average molecular weight is 499 g/mol. The van der Waals surface area contributed by atoms with E-state index < -0.39 is 0 Å². The summed E-state index contributed by atoms with van der Waals surface area (Å²) in [5.41, 5.74) is 3.22. The van der Waals surface area contributed by atoms with Gasteiger partial charge in [-0.25, -0.2) is 0 Å². The van der Waals surface area contributed by atoms with Gasteiger partial charge in [0, 0.05) is 21.4 Å². The monoisotopic (exact) mass is 498 g/mol. The lowest BCUT2D eigenvalue weighted by atomic mass is 10.2. The lowest BCUT2D eigenvalue weighted by molar-refractivity contribution is -0.113. The number of thioether (sulfide) groups is 1. The molecule has 168 valence electrons. The number of amides is 1. The Morgan fingerprint density at radius 1 is 1.03 bits per heavy atom. The number of para-hydroxylation sites is 1. The number of carbonyl (C=O) groups is 1. The zero-order valence-corrected chi connectivity index (χ0v) is 20.2. The van der Waals surface area contributed by atoms with E-state index in [4.69, 9.17) is 27.9 Å². The quantitative estimate of drug-likeness (QED) is 0.303. The van der Waals surface area contributed by atoms with Gasteiger partial charge < -0.3 is 10.1 Å². The third kappa shape index (κ3) is 5.33. The van der Waals surface area contributed by atoms with Gasteiger partial charge in [0.1, 0.15) is 5.75 Å². The van der Waals surface area contributed by atoms with Crippen LogP contribution in [0.5, 0.6) is 5.75 Å². The number of halogens is 2. The number of anilines is 1. The van der Waals surface area contributed by atoms with Gasteiger partial charge in [-0.1, -0.05) is 53.2 Å². The predicted octanol–water partition coefficient (Wildman–Crippen LogP) is 6.29. The molecule has 0 unspecified atom stereocenters. The number of methoxy groups -OCH3 is 1. The van der Waals surface area contributed by atoms with Crippen molar-refractivity contribution in [2.24, 2.45) is 0 Å². The summed E-state index contributed by atoms with van der Waals surface area (Å²) in [6.07, 6.45) is 0. The number of rotatable bonds is 7. The SMILES string of the molecule is COc1ccccc1-c1nnc(SCC(=O)Nc2cc(Cl)ccc2C)n1-c1ccc(Cl)cc1. The third-order valence-electron chi connectivity index (χ3n) is 4.87. The molecular weight excluding hydrogens is 479 g/mol. The van der Waals surface area contributed by atoms with Gasteiger partial charge in [0.25, 0.3) is 0 Å². The van der Waals surface area contributed by atoms with Crippen LogP contribution in [0.15, 0.2) is 71.9 Å². The maximum Gasteiger partial charge on any atom is 0.234 e. The first-order valence-electron chi connectivity index (χ1n) is 10.00. The summed E-state index contributed by atoms with van der Waals surface area (Å²) in [6.45, 7) is 1.91. The maximum atomic E-state index is 12.6. The second-order valence-corrected chi connectivity index (χ2v) is 8.93. The average Bonchev–Trinajstić information content (AvgIpc) is 3.24. The Balaban J connectivity index is 1.64. The molecule has 9 heteroatoms. The van der Waals surface area contributed by atoms with Crippen molar-refractivity contribution in [2.75, 3.05) is 18.2 Å². The van der Waals surface area contributed by atoms with Crippen LogP contribution in [0.4, 0.5) is 5.69 Å². The number of nitrogens with one attached hydrogen (secondary N) is 1. The van der Waals surface area contributed by atoms with Crippen LogP contribution in [0.3, 0.4) is 0 Å². The molecule has 3 aromatic carbocycles. The number of benzene rings is 3. The fourth-order valence-corrected chi connectivity index (χ4v) is 4.29. The molecule has 4 rings (SSSR count). The van der Waals surface area contributed by atoms with Gasteiger partial charge in [-0.15, -0.1) is 10.2 Å². The van der Waals surface area contributed by atoms with Crippen molar-refractivity contribution in [3.8, 4) is 22.8 Å². The van der Waals surface area contributed by atoms with Crippen LogP contribution >= 0.6 is 35.0 Å². The molecule has 1 amide bonds. The summed E-state index contributed by atoms with van der Waals surface area (Å²) in [6, 6.07) is 20.3. The normalized spacial score (nSPS) is 10.8. The van der Waals surface area contributed by atoms with E-state index in [1.165, 1.54) is 11.8 Å². The van der Waals surface area contributed by atoms with Crippen molar-refractivity contribution in [3.05, 3.63) is 82.3 Å². The molecule has 0 atom stereocenters. The zero-order valence-electron chi connectivity index (χ0n) is 17.9. The minimum atomic E-state index is -0.171. The molecule has 1 N–H and O–H groups in total. The van der Waals surface area contributed by atoms with Gasteiger partial charge >= 0.3 is 0 Å². The Morgan fingerprint density at radius 2 is 1.76 bits per heavy atom. The largest absolute Gasteiger partial charge is 0.496 e. The number of nitrogens with zero attached hydrogens (tertiary/aromatic N) is 3. The predicted molar refractivity (Wildman–Crippen MR) is 134 cm³/mol. The summed E-state index contributed by atoms with van der Waals surface area (Å²) in [4.78, 5) is 12.6. The minimum Gasteiger partial charge on any atom is -0.496 e. The van der Waals surface area contributed by atoms with Gasteiger partial charge in [0.05, 0.1) is 18.4 Å². The molecule has 0 bridgehead atoms. The van der Waals surface area contributed by atoms with Crippen LogP contribution in [-0.4, -0.2) is 33.5 Å². The van der Waals surface area contributed by atoms with Crippen LogP contribution in [0.25, 0.3) is 17.1 Å². The van der Waals surface area contributed by atoms with Crippen molar-refractivity contribution >= 4 is 46.6 Å². The second-order valence-electron chi connectivity index (χ2n) is 7.11. The third-order valence-corrected chi connectivity index (χ3v) is 6.29. The topological polar surface area (TPSA) is 69.0 Å². The zero-order chi connectivity index (χ0) is 23.4. The van der Waals surface area contributed by atoms with E-state index in [1.54, 1.807) is 31.4 Å². The first-order chi connectivity index (χ1) is 16.0. The second kappa shape index (κ2) is 10.3. The van der Waals surface area contributed by atoms with Crippen molar-refractivity contribution in [2.45, 2.75) is 12.1 Å². The van der Waals surface area contributed by atoms with Crippen LogP contribution in [-0.2, 0) is 4.79 Å². The molecule has 0 spiro atoms. The fourth-order valence-electron chi connectivity index (χ4n) is 3.24. The van der Waals surface area contributed by atoms with E-state index in [0.29, 0.717) is 32.5 Å². The standard InChI is InChI=1S/C24H20Cl2N4O2S/c1-15-7-8-17(26)13-20(15)27-22(31)14-33-24-29-28-23(19-5-3-4-6-21(19)32-2)30(24)18-11-9-16(25)10-12-18/h3-13H,14H2,1-2H3,(H,27,31). The Kier molecular flexibility index (Phi) is 7.23. The molecule has 33 heavy (non-hydrogen) atoms. The summed E-state index contributed by atoms with van der Waals surface area (Å²) in [5, 5.41) is 13.4. The minimum absolute atomic E-state index is 0.142. The molecule has 1 heterocycles. The van der Waals surface area contributed by atoms with Crippen LogP contribution in [0, 0.1) is 6.92 Å². The van der Waals surface area contributed by atoms with E-state index in [0.717, 1.165) is 16.8 Å². The van der Waals surface area contributed by atoms with Crippen LogP contribution in [0.1, 0.15) is 5.56 Å². The highest BCUT2D eigenvalue weighted by Crippen LogP contribution is 2.33. The number of hydrogen-bond acceptors (Lipinski definition) is 5. The Morgan fingerprint density at radius 3 is 2.52 bits per heavy atom. The van der Waals surface area contributed by atoms with E-state index in [-0.39, 0.29) is 11.7 Å². The maximum absolute atomic E-state index is 12.6. The Bertz CT molecular complexity index is 1290. The number of aromatic nitrogens is 3. The lowest BCUT2D eigenvalue weighted by Gasteiger charge is -2.13. The van der Waals surface area contributed by atoms with Crippen molar-refractivity contribution in [1.82, 2.24) is 14.8 Å². The molecule has 0 fully saturated rings. The summed E-state index contributed by atoms with van der Waals surface area (Å²) in [5.74, 6) is 1.24. The highest BCUT2D eigenvalue weighted by molar-refractivity contribution is 7.99.